The van der Waals surface area contributed by atoms with E-state index in [1.807, 2.05) is 6.92 Å². The van der Waals surface area contributed by atoms with Crippen LogP contribution in [-0.4, -0.2) is 26.7 Å². The molecule has 1 unspecified atom stereocenters. The number of hydrogen-bond acceptors (Lipinski definition) is 4. The topological polar surface area (TPSA) is 60.4 Å². The summed E-state index contributed by atoms with van der Waals surface area (Å²) in [6.07, 6.45) is 0.584. The lowest BCUT2D eigenvalue weighted by atomic mass is 10.1. The van der Waals surface area contributed by atoms with Crippen molar-refractivity contribution in [3.8, 4) is 0 Å². The van der Waals surface area contributed by atoms with Gasteiger partial charge in [-0.3, -0.25) is 0 Å². The third-order valence-corrected chi connectivity index (χ3v) is 6.03. The summed E-state index contributed by atoms with van der Waals surface area (Å²) in [5.41, 5.74) is 1.03. The predicted molar refractivity (Wildman–Crippen MR) is 77.9 cm³/mol. The number of esters is 1. The van der Waals surface area contributed by atoms with Gasteiger partial charge in [0.1, 0.15) is 0 Å². The minimum absolute atomic E-state index is 0.0377. The van der Waals surface area contributed by atoms with Crippen LogP contribution < -0.4 is 0 Å². The SMILES string of the molecule is CCC(C)S(=O)(=O)Cc1ccc(C(=O)OC)cc1Br. The Morgan fingerprint density at radius 3 is 2.53 bits per heavy atom. The zero-order valence-corrected chi connectivity index (χ0v) is 13.5. The van der Waals surface area contributed by atoms with Crippen LogP contribution in [0.3, 0.4) is 0 Å². The Hall–Kier alpha value is -0.880. The van der Waals surface area contributed by atoms with Gasteiger partial charge in [-0.1, -0.05) is 28.9 Å². The summed E-state index contributed by atoms with van der Waals surface area (Å²) in [7, 11) is -1.87. The molecule has 0 N–H and O–H groups in total. The van der Waals surface area contributed by atoms with Crippen molar-refractivity contribution in [2.45, 2.75) is 31.3 Å². The molecule has 0 amide bonds. The quantitative estimate of drug-likeness (QED) is 0.767. The van der Waals surface area contributed by atoms with E-state index >= 15 is 0 Å². The normalized spacial score (nSPS) is 13.1. The van der Waals surface area contributed by atoms with Gasteiger partial charge in [0.05, 0.1) is 23.7 Å². The maximum Gasteiger partial charge on any atom is 0.337 e. The minimum atomic E-state index is -3.17. The molecule has 6 heteroatoms. The number of carbonyl (C=O) groups is 1. The second-order valence-corrected chi connectivity index (χ2v) is 7.60. The first-order valence-corrected chi connectivity index (χ1v) is 8.41. The molecule has 0 aliphatic rings. The van der Waals surface area contributed by atoms with Crippen molar-refractivity contribution in [2.24, 2.45) is 0 Å². The second-order valence-electron chi connectivity index (χ2n) is 4.32. The third-order valence-electron chi connectivity index (χ3n) is 3.02. The van der Waals surface area contributed by atoms with E-state index < -0.39 is 15.8 Å². The van der Waals surface area contributed by atoms with Gasteiger partial charge in [0, 0.05) is 4.47 Å². The van der Waals surface area contributed by atoms with Crippen molar-refractivity contribution in [2.75, 3.05) is 7.11 Å². The number of ether oxygens (including phenoxy) is 1. The molecule has 1 aromatic carbocycles. The van der Waals surface area contributed by atoms with Crippen molar-refractivity contribution in [1.82, 2.24) is 0 Å². The number of hydrogen-bond donors (Lipinski definition) is 0. The lowest BCUT2D eigenvalue weighted by Gasteiger charge is -2.12. The van der Waals surface area contributed by atoms with Gasteiger partial charge < -0.3 is 4.74 Å². The molecule has 0 spiro atoms. The summed E-state index contributed by atoms with van der Waals surface area (Å²) in [4.78, 5) is 11.4. The van der Waals surface area contributed by atoms with Crippen LogP contribution in [0.2, 0.25) is 0 Å². The maximum absolute atomic E-state index is 12.0. The van der Waals surface area contributed by atoms with Crippen molar-refractivity contribution >= 4 is 31.7 Å². The largest absolute Gasteiger partial charge is 0.465 e. The summed E-state index contributed by atoms with van der Waals surface area (Å²) in [5, 5.41) is -0.375. The molecule has 19 heavy (non-hydrogen) atoms. The fourth-order valence-corrected chi connectivity index (χ4v) is 3.70. The molecule has 4 nitrogen and oxygen atoms in total. The van der Waals surface area contributed by atoms with Crippen LogP contribution in [-0.2, 0) is 20.3 Å². The highest BCUT2D eigenvalue weighted by Gasteiger charge is 2.21. The summed E-state index contributed by atoms with van der Waals surface area (Å²) in [6.45, 7) is 3.55. The van der Waals surface area contributed by atoms with Gasteiger partial charge in [-0.2, -0.15) is 0 Å². The molecule has 0 aliphatic carbocycles. The van der Waals surface area contributed by atoms with Crippen LogP contribution in [0.15, 0.2) is 22.7 Å². The molecule has 1 aromatic rings. The molecular weight excluding hydrogens is 332 g/mol. The van der Waals surface area contributed by atoms with E-state index in [4.69, 9.17) is 0 Å². The Bertz CT molecular complexity index is 566. The fraction of sp³-hybridized carbons (Fsp3) is 0.462. The third kappa shape index (κ3) is 4.04. The first kappa shape index (κ1) is 16.2. The number of methoxy groups -OCH3 is 1. The second kappa shape index (κ2) is 6.52. The molecule has 1 rings (SSSR count). The van der Waals surface area contributed by atoms with Gasteiger partial charge in [-0.15, -0.1) is 0 Å². The Kier molecular flexibility index (Phi) is 5.55. The summed E-state index contributed by atoms with van der Waals surface area (Å²) in [6, 6.07) is 4.78. The van der Waals surface area contributed by atoms with Crippen LogP contribution in [0.5, 0.6) is 0 Å². The average Bonchev–Trinajstić information content (AvgIpc) is 2.38. The highest BCUT2D eigenvalue weighted by molar-refractivity contribution is 9.10. The van der Waals surface area contributed by atoms with E-state index in [1.165, 1.54) is 7.11 Å². The van der Waals surface area contributed by atoms with Gasteiger partial charge in [0.25, 0.3) is 0 Å². The summed E-state index contributed by atoms with van der Waals surface area (Å²) < 4.78 is 29.3. The Morgan fingerprint density at radius 2 is 2.05 bits per heavy atom. The van der Waals surface area contributed by atoms with E-state index in [0.29, 0.717) is 22.0 Å². The number of benzene rings is 1. The van der Waals surface area contributed by atoms with Gasteiger partial charge in [0.2, 0.25) is 0 Å². The van der Waals surface area contributed by atoms with E-state index in [0.717, 1.165) is 0 Å². The number of carbonyl (C=O) groups excluding carboxylic acids is 1. The molecule has 106 valence electrons. The van der Waals surface area contributed by atoms with E-state index in [9.17, 15) is 13.2 Å². The average molecular weight is 349 g/mol. The van der Waals surface area contributed by atoms with Crippen molar-refractivity contribution in [3.63, 3.8) is 0 Å². The first-order valence-electron chi connectivity index (χ1n) is 5.90. The molecule has 1 atom stereocenters. The highest BCUT2D eigenvalue weighted by Crippen LogP contribution is 2.23. The standard InChI is InChI=1S/C13H17BrO4S/c1-4-9(2)19(16,17)8-11-6-5-10(7-12(11)14)13(15)18-3/h5-7,9H,4,8H2,1-3H3. The van der Waals surface area contributed by atoms with Crippen LogP contribution in [0.1, 0.15) is 36.2 Å². The lowest BCUT2D eigenvalue weighted by Crippen LogP contribution is -2.19. The molecule has 0 saturated carbocycles. The minimum Gasteiger partial charge on any atom is -0.465 e. The zero-order chi connectivity index (χ0) is 14.6. The number of halogens is 1. The van der Waals surface area contributed by atoms with E-state index in [1.54, 1.807) is 25.1 Å². The molecule has 0 aliphatic heterocycles. The number of sulfone groups is 1. The molecule has 0 fully saturated rings. The monoisotopic (exact) mass is 348 g/mol. The molecule has 0 bridgehead atoms. The van der Waals surface area contributed by atoms with Gasteiger partial charge in [-0.05, 0) is 31.0 Å². The predicted octanol–water partition coefficient (Wildman–Crippen LogP) is 2.95. The molecule has 0 radical (unpaired) electrons. The van der Waals surface area contributed by atoms with E-state index in [-0.39, 0.29) is 11.0 Å². The van der Waals surface area contributed by atoms with Crippen LogP contribution in [0.25, 0.3) is 0 Å². The molecule has 0 saturated heterocycles. The van der Waals surface area contributed by atoms with Crippen molar-refractivity contribution in [3.05, 3.63) is 33.8 Å². The van der Waals surface area contributed by atoms with Crippen LogP contribution >= 0.6 is 15.9 Å². The number of rotatable bonds is 5. The summed E-state index contributed by atoms with van der Waals surface area (Å²) >= 11 is 3.30. The molecule has 0 heterocycles. The lowest BCUT2D eigenvalue weighted by molar-refractivity contribution is 0.0600. The zero-order valence-electron chi connectivity index (χ0n) is 11.1. The highest BCUT2D eigenvalue weighted by atomic mass is 79.9. The fourth-order valence-electron chi connectivity index (χ4n) is 1.52. The molecule has 0 aromatic heterocycles. The smallest absolute Gasteiger partial charge is 0.337 e. The Morgan fingerprint density at radius 1 is 1.42 bits per heavy atom. The van der Waals surface area contributed by atoms with E-state index in [2.05, 4.69) is 20.7 Å². The van der Waals surface area contributed by atoms with Crippen LogP contribution in [0.4, 0.5) is 0 Å². The van der Waals surface area contributed by atoms with Gasteiger partial charge in [-0.25, -0.2) is 13.2 Å². The van der Waals surface area contributed by atoms with Crippen molar-refractivity contribution in [1.29, 1.82) is 0 Å². The summed E-state index contributed by atoms with van der Waals surface area (Å²) in [5.74, 6) is -0.485. The first-order chi connectivity index (χ1) is 8.81. The Labute approximate surface area is 122 Å². The van der Waals surface area contributed by atoms with Crippen molar-refractivity contribution < 1.29 is 17.9 Å². The Balaban J connectivity index is 3.02. The van der Waals surface area contributed by atoms with Gasteiger partial charge >= 0.3 is 5.97 Å². The van der Waals surface area contributed by atoms with Gasteiger partial charge in [0.15, 0.2) is 9.84 Å². The maximum atomic E-state index is 12.0. The molecular formula is C13H17BrO4S. The van der Waals surface area contributed by atoms with Crippen LogP contribution in [0, 0.1) is 0 Å².